The van der Waals surface area contributed by atoms with E-state index in [9.17, 15) is 4.79 Å². The fraction of sp³-hybridized carbons (Fsp3) is 0.688. The van der Waals surface area contributed by atoms with E-state index in [1.165, 1.54) is 36.1 Å². The molecule has 0 saturated carbocycles. The lowest BCUT2D eigenvalue weighted by molar-refractivity contribution is 0.0928. The number of thiophene rings is 1. The summed E-state index contributed by atoms with van der Waals surface area (Å²) in [7, 11) is 0. The molecule has 21 heavy (non-hydrogen) atoms. The van der Waals surface area contributed by atoms with E-state index in [-0.39, 0.29) is 23.7 Å². The summed E-state index contributed by atoms with van der Waals surface area (Å²) in [5.74, 6) is 0.121. The lowest BCUT2D eigenvalue weighted by Crippen LogP contribution is -2.45. The van der Waals surface area contributed by atoms with E-state index in [0.717, 1.165) is 37.4 Å². The summed E-state index contributed by atoms with van der Waals surface area (Å²) in [4.78, 5) is 14.7. The second kappa shape index (κ2) is 7.12. The number of amides is 1. The van der Waals surface area contributed by atoms with Crippen LogP contribution in [0.25, 0.3) is 0 Å². The molecule has 1 unspecified atom stereocenters. The number of hydrogen-bond acceptors (Lipinski definition) is 3. The summed E-state index contributed by atoms with van der Waals surface area (Å²) < 4.78 is 0. The molecule has 3 nitrogen and oxygen atoms in total. The molecule has 1 fully saturated rings. The van der Waals surface area contributed by atoms with Gasteiger partial charge in [-0.3, -0.25) is 4.79 Å². The Hall–Kier alpha value is -0.580. The van der Waals surface area contributed by atoms with Gasteiger partial charge >= 0.3 is 0 Å². The van der Waals surface area contributed by atoms with Gasteiger partial charge in [0.15, 0.2) is 0 Å². The highest BCUT2D eigenvalue weighted by Gasteiger charge is 2.27. The van der Waals surface area contributed by atoms with Gasteiger partial charge in [-0.25, -0.2) is 0 Å². The molecule has 1 aromatic heterocycles. The second-order valence-electron chi connectivity index (χ2n) is 6.54. The molecule has 2 aliphatic rings. The van der Waals surface area contributed by atoms with Crippen molar-refractivity contribution in [2.45, 2.75) is 45.4 Å². The summed E-state index contributed by atoms with van der Waals surface area (Å²) in [6.45, 7) is 5.16. The standard InChI is InChI=1S/C16H24N2OS.ClH/c1-16(7-4-8-17-10-16)11-18-15(19)14-9-12-5-2-3-6-13(12)20-14;/h9,17H,2-8,10-11H2,1H3,(H,18,19);1H. The van der Waals surface area contributed by atoms with Crippen LogP contribution in [-0.2, 0) is 12.8 Å². The van der Waals surface area contributed by atoms with Gasteiger partial charge in [0, 0.05) is 18.0 Å². The zero-order valence-corrected chi connectivity index (χ0v) is 14.3. The van der Waals surface area contributed by atoms with Crippen LogP contribution in [0, 0.1) is 5.41 Å². The number of halogens is 1. The van der Waals surface area contributed by atoms with Crippen LogP contribution in [-0.4, -0.2) is 25.5 Å². The number of rotatable bonds is 3. The Balaban J connectivity index is 0.00000161. The molecular weight excluding hydrogens is 304 g/mol. The van der Waals surface area contributed by atoms with E-state index in [0.29, 0.717) is 0 Å². The Labute approximate surface area is 137 Å². The van der Waals surface area contributed by atoms with Crippen molar-refractivity contribution in [1.29, 1.82) is 0 Å². The molecule has 0 bridgehead atoms. The molecule has 0 aromatic carbocycles. The van der Waals surface area contributed by atoms with E-state index >= 15 is 0 Å². The molecule has 3 rings (SSSR count). The van der Waals surface area contributed by atoms with Crippen LogP contribution >= 0.6 is 23.7 Å². The predicted octanol–water partition coefficient (Wildman–Crippen LogP) is 3.17. The van der Waals surface area contributed by atoms with Crippen molar-refractivity contribution in [3.8, 4) is 0 Å². The lowest BCUT2D eigenvalue weighted by atomic mass is 9.83. The van der Waals surface area contributed by atoms with E-state index in [1.807, 2.05) is 0 Å². The van der Waals surface area contributed by atoms with Gasteiger partial charge in [0.05, 0.1) is 4.88 Å². The molecule has 1 amide bonds. The summed E-state index contributed by atoms with van der Waals surface area (Å²) in [5, 5.41) is 6.58. The van der Waals surface area contributed by atoms with E-state index in [2.05, 4.69) is 23.6 Å². The maximum Gasteiger partial charge on any atom is 0.261 e. The fourth-order valence-electron chi connectivity index (χ4n) is 3.25. The van der Waals surface area contributed by atoms with Crippen LogP contribution in [0.3, 0.4) is 0 Å². The summed E-state index contributed by atoms with van der Waals surface area (Å²) in [6, 6.07) is 2.12. The first-order chi connectivity index (χ1) is 9.66. The van der Waals surface area contributed by atoms with Gasteiger partial charge in [-0.15, -0.1) is 23.7 Å². The molecule has 1 aliphatic carbocycles. The Bertz CT molecular complexity index is 471. The molecule has 2 heterocycles. The first-order valence-electron chi connectivity index (χ1n) is 7.77. The number of nitrogens with one attached hydrogen (secondary N) is 2. The van der Waals surface area contributed by atoms with Crippen LogP contribution in [0.2, 0.25) is 0 Å². The summed E-state index contributed by atoms with van der Waals surface area (Å²) in [6.07, 6.45) is 7.27. The molecule has 0 spiro atoms. The SMILES string of the molecule is CC1(CNC(=O)c2cc3c(s2)CCCC3)CCCNC1.Cl. The number of carbonyl (C=O) groups excluding carboxylic acids is 1. The number of aryl methyl sites for hydroxylation is 2. The molecule has 118 valence electrons. The normalized spacial score (nSPS) is 24.8. The highest BCUT2D eigenvalue weighted by Crippen LogP contribution is 2.30. The van der Waals surface area contributed by atoms with Crippen molar-refractivity contribution in [2.75, 3.05) is 19.6 Å². The van der Waals surface area contributed by atoms with Crippen LogP contribution in [0.1, 0.15) is 52.7 Å². The lowest BCUT2D eigenvalue weighted by Gasteiger charge is -2.34. The summed E-state index contributed by atoms with van der Waals surface area (Å²) >= 11 is 1.70. The Morgan fingerprint density at radius 3 is 2.90 bits per heavy atom. The van der Waals surface area contributed by atoms with Crippen molar-refractivity contribution in [3.63, 3.8) is 0 Å². The molecule has 1 aromatic rings. The average molecular weight is 329 g/mol. The molecule has 1 saturated heterocycles. The van der Waals surface area contributed by atoms with Gasteiger partial charge < -0.3 is 10.6 Å². The van der Waals surface area contributed by atoms with E-state index in [4.69, 9.17) is 0 Å². The van der Waals surface area contributed by atoms with Crippen molar-refractivity contribution in [3.05, 3.63) is 21.4 Å². The highest BCUT2D eigenvalue weighted by atomic mass is 35.5. The maximum absolute atomic E-state index is 12.3. The Kier molecular flexibility index (Phi) is 5.69. The number of carbonyl (C=O) groups is 1. The topological polar surface area (TPSA) is 41.1 Å². The van der Waals surface area contributed by atoms with Gasteiger partial charge in [0.2, 0.25) is 0 Å². The van der Waals surface area contributed by atoms with Crippen molar-refractivity contribution >= 4 is 29.7 Å². The van der Waals surface area contributed by atoms with Gasteiger partial charge in [-0.1, -0.05) is 6.92 Å². The van der Waals surface area contributed by atoms with E-state index in [1.54, 1.807) is 11.3 Å². The van der Waals surface area contributed by atoms with Crippen LogP contribution in [0.15, 0.2) is 6.07 Å². The van der Waals surface area contributed by atoms with Crippen LogP contribution in [0.5, 0.6) is 0 Å². The number of piperidine rings is 1. The minimum Gasteiger partial charge on any atom is -0.351 e. The third-order valence-corrected chi connectivity index (χ3v) is 5.82. The molecule has 0 radical (unpaired) electrons. The second-order valence-corrected chi connectivity index (χ2v) is 7.68. The quantitative estimate of drug-likeness (QED) is 0.894. The van der Waals surface area contributed by atoms with Crippen molar-refractivity contribution < 1.29 is 4.79 Å². The third-order valence-electron chi connectivity index (χ3n) is 4.58. The highest BCUT2D eigenvalue weighted by molar-refractivity contribution is 7.14. The smallest absolute Gasteiger partial charge is 0.261 e. The maximum atomic E-state index is 12.3. The molecular formula is C16H25ClN2OS. The minimum atomic E-state index is 0. The molecule has 5 heteroatoms. The number of hydrogen-bond donors (Lipinski definition) is 2. The molecule has 1 atom stereocenters. The van der Waals surface area contributed by atoms with Crippen LogP contribution in [0.4, 0.5) is 0 Å². The van der Waals surface area contributed by atoms with Crippen LogP contribution < -0.4 is 10.6 Å². The van der Waals surface area contributed by atoms with Gasteiger partial charge in [-0.2, -0.15) is 0 Å². The van der Waals surface area contributed by atoms with Crippen molar-refractivity contribution in [2.24, 2.45) is 5.41 Å². The van der Waals surface area contributed by atoms with Gasteiger partial charge in [-0.05, 0) is 62.1 Å². The van der Waals surface area contributed by atoms with Gasteiger partial charge in [0.25, 0.3) is 5.91 Å². The van der Waals surface area contributed by atoms with Crippen molar-refractivity contribution in [1.82, 2.24) is 10.6 Å². The monoisotopic (exact) mass is 328 g/mol. The zero-order chi connectivity index (χ0) is 14.0. The Morgan fingerprint density at radius 1 is 1.38 bits per heavy atom. The van der Waals surface area contributed by atoms with Gasteiger partial charge in [0.1, 0.15) is 0 Å². The zero-order valence-electron chi connectivity index (χ0n) is 12.7. The third kappa shape index (κ3) is 3.99. The predicted molar refractivity (Wildman–Crippen MR) is 90.8 cm³/mol. The average Bonchev–Trinajstić information content (AvgIpc) is 2.89. The molecule has 2 N–H and O–H groups in total. The number of fused-ring (bicyclic) bond motifs is 1. The molecule has 1 aliphatic heterocycles. The minimum absolute atomic E-state index is 0. The summed E-state index contributed by atoms with van der Waals surface area (Å²) in [5.41, 5.74) is 1.63. The first-order valence-corrected chi connectivity index (χ1v) is 8.58. The van der Waals surface area contributed by atoms with E-state index < -0.39 is 0 Å². The fourth-order valence-corrected chi connectivity index (χ4v) is 4.42. The largest absolute Gasteiger partial charge is 0.351 e. The Morgan fingerprint density at radius 2 is 2.19 bits per heavy atom. The first kappa shape index (κ1) is 16.8.